The van der Waals surface area contributed by atoms with Crippen molar-refractivity contribution in [3.05, 3.63) is 63.1 Å². The minimum absolute atomic E-state index is 0.0144. The average Bonchev–Trinajstić information content (AvgIpc) is 3.53. The van der Waals surface area contributed by atoms with Crippen LogP contribution in [0.3, 0.4) is 0 Å². The second kappa shape index (κ2) is 12.1. The van der Waals surface area contributed by atoms with Crippen LogP contribution in [0, 0.1) is 11.6 Å². The van der Waals surface area contributed by atoms with Crippen molar-refractivity contribution >= 4 is 23.9 Å². The Morgan fingerprint density at radius 1 is 1.17 bits per heavy atom. The second-order valence-corrected chi connectivity index (χ2v) is 9.96. The molecule has 0 aliphatic carbocycles. The predicted molar refractivity (Wildman–Crippen MR) is 137 cm³/mol. The van der Waals surface area contributed by atoms with Gasteiger partial charge in [-0.25, -0.2) is 13.6 Å². The molecule has 0 saturated carbocycles. The van der Waals surface area contributed by atoms with Gasteiger partial charge in [-0.3, -0.25) is 19.2 Å². The van der Waals surface area contributed by atoms with Crippen LogP contribution in [0.15, 0.2) is 29.2 Å². The number of aromatic nitrogens is 1. The number of ether oxygens (including phenoxy) is 4. The highest BCUT2D eigenvalue weighted by Gasteiger charge is 2.43. The van der Waals surface area contributed by atoms with Crippen LogP contribution in [0.4, 0.5) is 13.6 Å². The van der Waals surface area contributed by atoms with Crippen LogP contribution in [0.1, 0.15) is 46.2 Å². The van der Waals surface area contributed by atoms with Crippen molar-refractivity contribution in [2.24, 2.45) is 0 Å². The van der Waals surface area contributed by atoms with E-state index in [0.717, 1.165) is 18.6 Å². The van der Waals surface area contributed by atoms with Gasteiger partial charge in [0.15, 0.2) is 11.9 Å². The van der Waals surface area contributed by atoms with Gasteiger partial charge in [0.25, 0.3) is 11.8 Å². The molecule has 2 atom stereocenters. The van der Waals surface area contributed by atoms with Crippen molar-refractivity contribution in [1.82, 2.24) is 19.7 Å². The van der Waals surface area contributed by atoms with Gasteiger partial charge in [0.1, 0.15) is 23.8 Å². The molecule has 0 unspecified atom stereocenters. The fourth-order valence-electron chi connectivity index (χ4n) is 5.05. The molecule has 1 N–H and O–H groups in total. The highest BCUT2D eigenvalue weighted by Crippen LogP contribution is 2.30. The number of nitrogens with zero attached hydrogens (tertiary/aromatic N) is 3. The molecule has 13 nitrogen and oxygen atoms in total. The number of carbonyl (C=O) groups is 4. The lowest BCUT2D eigenvalue weighted by atomic mass is 10.1. The van der Waals surface area contributed by atoms with E-state index < -0.39 is 59.4 Å². The van der Waals surface area contributed by atoms with E-state index in [-0.39, 0.29) is 56.1 Å². The molecule has 2 fully saturated rings. The number of rotatable bonds is 9. The Morgan fingerprint density at radius 3 is 2.71 bits per heavy atom. The minimum Gasteiger partial charge on any atom is -0.451 e. The maximum Gasteiger partial charge on any atom is 0.511 e. The number of pyridine rings is 1. The maximum atomic E-state index is 14.0. The number of carbonyl (C=O) groups excluding carboxylic acids is 4. The molecule has 3 aliphatic heterocycles. The summed E-state index contributed by atoms with van der Waals surface area (Å²) in [6.07, 6.45) is 0.586. The van der Waals surface area contributed by atoms with E-state index >= 15 is 0 Å². The van der Waals surface area contributed by atoms with Gasteiger partial charge in [-0.05, 0) is 19.4 Å². The molecule has 1 aromatic carbocycles. The molecule has 1 aromatic heterocycles. The first-order chi connectivity index (χ1) is 20.1. The standard InChI is InChI=1S/C27H28F2N4O9/c1-15-13-40-21-12-32-11-18(25(36)30-10-16-4-5-17(28)9-19(16)29)23(35)24(22(32)26(37)33(15)21)41-14-42-27(38)39-8-7-31-6-2-3-20(31)34/h4-5,9,11,15,21H,2-3,6-8,10,12-14H2,1H3,(H,30,36)/t15-,21+/m0/s1. The molecular weight excluding hydrogens is 562 g/mol. The number of hydrogen-bond donors (Lipinski definition) is 1. The summed E-state index contributed by atoms with van der Waals surface area (Å²) in [5, 5.41) is 2.41. The number of nitrogens with one attached hydrogen (secondary N) is 1. The second-order valence-electron chi connectivity index (χ2n) is 9.96. The van der Waals surface area contributed by atoms with Crippen molar-refractivity contribution in [3.63, 3.8) is 0 Å². The van der Waals surface area contributed by atoms with Crippen LogP contribution in [-0.2, 0) is 32.1 Å². The summed E-state index contributed by atoms with van der Waals surface area (Å²) >= 11 is 0. The summed E-state index contributed by atoms with van der Waals surface area (Å²) in [6.45, 7) is 1.61. The smallest absolute Gasteiger partial charge is 0.451 e. The molecule has 42 heavy (non-hydrogen) atoms. The van der Waals surface area contributed by atoms with E-state index in [1.54, 1.807) is 11.8 Å². The number of likely N-dealkylation sites (tertiary alicyclic amines) is 1. The largest absolute Gasteiger partial charge is 0.511 e. The van der Waals surface area contributed by atoms with Crippen molar-refractivity contribution in [1.29, 1.82) is 0 Å². The van der Waals surface area contributed by atoms with Crippen LogP contribution in [-0.4, -0.2) is 83.6 Å². The molecule has 224 valence electrons. The SMILES string of the molecule is C[C@H]1CO[C@@H]2Cn3cc(C(=O)NCc4ccc(F)cc4F)c(=O)c(OCOC(=O)OCCN4CCCC4=O)c3C(=O)N12. The summed E-state index contributed by atoms with van der Waals surface area (Å²) in [5.74, 6) is -3.72. The molecule has 3 amide bonds. The third-order valence-corrected chi connectivity index (χ3v) is 7.17. The number of fused-ring (bicyclic) bond motifs is 2. The van der Waals surface area contributed by atoms with Crippen molar-refractivity contribution in [2.75, 3.05) is 33.1 Å². The summed E-state index contributed by atoms with van der Waals surface area (Å²) < 4.78 is 49.6. The van der Waals surface area contributed by atoms with Gasteiger partial charge in [0, 0.05) is 37.3 Å². The Hall–Kier alpha value is -4.53. The maximum absolute atomic E-state index is 14.0. The molecular formula is C27H28F2N4O9. The average molecular weight is 591 g/mol. The molecule has 2 saturated heterocycles. The summed E-state index contributed by atoms with van der Waals surface area (Å²) in [7, 11) is 0. The molecule has 5 rings (SSSR count). The lowest BCUT2D eigenvalue weighted by Crippen LogP contribution is -2.49. The lowest BCUT2D eigenvalue weighted by molar-refractivity contribution is -0.128. The van der Waals surface area contributed by atoms with Crippen LogP contribution in [0.25, 0.3) is 0 Å². The first-order valence-electron chi connectivity index (χ1n) is 13.3. The van der Waals surface area contributed by atoms with Crippen LogP contribution in [0.2, 0.25) is 0 Å². The quantitative estimate of drug-likeness (QED) is 0.338. The van der Waals surface area contributed by atoms with Gasteiger partial charge < -0.3 is 38.6 Å². The van der Waals surface area contributed by atoms with E-state index in [4.69, 9.17) is 18.9 Å². The molecule has 3 aliphatic rings. The Labute approximate surface area is 237 Å². The molecule has 0 bridgehead atoms. The Balaban J connectivity index is 1.32. The fraction of sp³-hybridized carbons (Fsp3) is 0.444. The van der Waals surface area contributed by atoms with Crippen molar-refractivity contribution in [2.45, 2.75) is 45.1 Å². The lowest BCUT2D eigenvalue weighted by Gasteiger charge is -2.34. The van der Waals surface area contributed by atoms with E-state index in [0.29, 0.717) is 19.0 Å². The normalized spacial score (nSPS) is 19.4. The number of hydrogen-bond acceptors (Lipinski definition) is 9. The number of benzene rings is 1. The van der Waals surface area contributed by atoms with Crippen molar-refractivity contribution in [3.8, 4) is 5.75 Å². The number of halogens is 2. The number of amides is 3. The topological polar surface area (TPSA) is 146 Å². The minimum atomic E-state index is -1.13. The van der Waals surface area contributed by atoms with Gasteiger partial charge in [-0.1, -0.05) is 6.07 Å². The highest BCUT2D eigenvalue weighted by molar-refractivity contribution is 5.99. The zero-order valence-corrected chi connectivity index (χ0v) is 22.6. The van der Waals surface area contributed by atoms with E-state index in [1.165, 1.54) is 15.7 Å². The van der Waals surface area contributed by atoms with Crippen LogP contribution >= 0.6 is 0 Å². The van der Waals surface area contributed by atoms with E-state index in [9.17, 15) is 32.8 Å². The Bertz CT molecular complexity index is 1480. The zero-order chi connectivity index (χ0) is 30.0. The first-order valence-corrected chi connectivity index (χ1v) is 13.3. The highest BCUT2D eigenvalue weighted by atomic mass is 19.1. The first kappa shape index (κ1) is 29.0. The van der Waals surface area contributed by atoms with Crippen LogP contribution < -0.4 is 15.5 Å². The molecule has 2 aromatic rings. The van der Waals surface area contributed by atoms with Gasteiger partial charge in [0.2, 0.25) is 23.9 Å². The van der Waals surface area contributed by atoms with E-state index in [1.807, 2.05) is 0 Å². The summed E-state index contributed by atoms with van der Waals surface area (Å²) in [6, 6.07) is 2.56. The molecule has 4 heterocycles. The Kier molecular flexibility index (Phi) is 8.38. The summed E-state index contributed by atoms with van der Waals surface area (Å²) in [4.78, 5) is 66.5. The molecule has 0 radical (unpaired) electrons. The van der Waals surface area contributed by atoms with Gasteiger partial charge in [-0.15, -0.1) is 0 Å². The van der Waals surface area contributed by atoms with Gasteiger partial charge >= 0.3 is 6.16 Å². The predicted octanol–water partition coefficient (Wildman–Crippen LogP) is 1.37. The van der Waals surface area contributed by atoms with Crippen molar-refractivity contribution < 1.29 is 46.9 Å². The van der Waals surface area contributed by atoms with Gasteiger partial charge in [-0.2, -0.15) is 0 Å². The fourth-order valence-corrected chi connectivity index (χ4v) is 5.05. The van der Waals surface area contributed by atoms with E-state index in [2.05, 4.69) is 5.32 Å². The zero-order valence-electron chi connectivity index (χ0n) is 22.6. The molecule has 15 heteroatoms. The third kappa shape index (κ3) is 5.91. The van der Waals surface area contributed by atoms with Crippen LogP contribution in [0.5, 0.6) is 5.75 Å². The third-order valence-electron chi connectivity index (χ3n) is 7.17. The molecule has 0 spiro atoms. The summed E-state index contributed by atoms with van der Waals surface area (Å²) in [5.41, 5.74) is -1.58. The monoisotopic (exact) mass is 590 g/mol. The Morgan fingerprint density at radius 2 is 1.98 bits per heavy atom. The van der Waals surface area contributed by atoms with Gasteiger partial charge in [0.05, 0.1) is 25.7 Å².